The number of carbonyl (C=O) groups is 3. The number of carbonyl (C=O) groups excluding carboxylic acids is 3. The Kier molecular flexibility index (Phi) is 7.66. The van der Waals surface area contributed by atoms with Gasteiger partial charge in [-0.15, -0.1) is 5.06 Å². The summed E-state index contributed by atoms with van der Waals surface area (Å²) < 4.78 is 10.8. The summed E-state index contributed by atoms with van der Waals surface area (Å²) in [5.74, 6) is -1.63. The minimum Gasteiger partial charge on any atom is -0.495 e. The summed E-state index contributed by atoms with van der Waals surface area (Å²) in [4.78, 5) is 44.1. The quantitative estimate of drug-likeness (QED) is 0.492. The molecule has 10 heteroatoms. The number of unbranched alkanes of at least 4 members (excludes halogenated alkanes) is 1. The van der Waals surface area contributed by atoms with E-state index >= 15 is 0 Å². The molecule has 0 saturated carbocycles. The summed E-state index contributed by atoms with van der Waals surface area (Å²) in [6.45, 7) is 5.81. The van der Waals surface area contributed by atoms with E-state index in [0.29, 0.717) is 32.6 Å². The van der Waals surface area contributed by atoms with E-state index in [2.05, 4.69) is 10.2 Å². The number of methoxy groups -OCH3 is 1. The maximum atomic E-state index is 12.4. The number of amides is 1. The second kappa shape index (κ2) is 10.2. The highest BCUT2D eigenvalue weighted by molar-refractivity contribution is 8.02. The Morgan fingerprint density at radius 2 is 1.90 bits per heavy atom. The molecule has 0 aliphatic carbocycles. The van der Waals surface area contributed by atoms with Crippen LogP contribution in [0.2, 0.25) is 0 Å². The Balaban J connectivity index is 1.53. The Hall–Kier alpha value is -2.46. The molecule has 2 aliphatic heterocycles. The molecule has 1 aromatic rings. The molecule has 2 heterocycles. The molecule has 2 aliphatic rings. The van der Waals surface area contributed by atoms with Crippen LogP contribution in [0.5, 0.6) is 5.75 Å². The second-order valence-corrected chi connectivity index (χ2v) is 9.06. The third-order valence-electron chi connectivity index (χ3n) is 5.21. The van der Waals surface area contributed by atoms with Crippen molar-refractivity contribution in [1.29, 1.82) is 0 Å². The molecule has 2 fully saturated rings. The van der Waals surface area contributed by atoms with Crippen molar-refractivity contribution in [3.05, 3.63) is 24.3 Å². The van der Waals surface area contributed by atoms with E-state index in [1.54, 1.807) is 14.0 Å². The van der Waals surface area contributed by atoms with E-state index in [9.17, 15) is 14.4 Å². The van der Waals surface area contributed by atoms with Gasteiger partial charge in [-0.05, 0) is 25.5 Å². The van der Waals surface area contributed by atoms with Crippen molar-refractivity contribution in [1.82, 2.24) is 10.4 Å². The number of benzene rings is 1. The zero-order valence-corrected chi connectivity index (χ0v) is 18.9. The lowest BCUT2D eigenvalue weighted by molar-refractivity contribution is -0.204. The normalized spacial score (nSPS) is 23.9. The molecule has 9 nitrogen and oxygen atoms in total. The molecule has 2 saturated heterocycles. The smallest absolute Gasteiger partial charge is 0.436 e. The van der Waals surface area contributed by atoms with Gasteiger partial charge in [-0.1, -0.05) is 37.2 Å². The first kappa shape index (κ1) is 23.2. The SMILES string of the molecule is CCCCC1(OC(=O)C(=O)ON2CCN(c3ccccc3OC)CC2)NC(=O)C(C)S1. The van der Waals surface area contributed by atoms with Crippen LogP contribution in [0.4, 0.5) is 5.69 Å². The Bertz CT molecular complexity index is 814. The van der Waals surface area contributed by atoms with Crippen LogP contribution in [-0.2, 0) is 24.0 Å². The summed E-state index contributed by atoms with van der Waals surface area (Å²) in [5, 5.41) is 2.60. The predicted octanol–water partition coefficient (Wildman–Crippen LogP) is 1.91. The van der Waals surface area contributed by atoms with Crippen LogP contribution in [0.3, 0.4) is 0 Å². The van der Waals surface area contributed by atoms with Gasteiger partial charge in [0, 0.05) is 19.5 Å². The fraction of sp³-hybridized carbons (Fsp3) is 0.571. The molecule has 0 spiro atoms. The fourth-order valence-corrected chi connectivity index (χ4v) is 4.83. The van der Waals surface area contributed by atoms with Crippen molar-refractivity contribution < 1.29 is 28.7 Å². The van der Waals surface area contributed by atoms with Crippen molar-refractivity contribution in [3.63, 3.8) is 0 Å². The van der Waals surface area contributed by atoms with Gasteiger partial charge >= 0.3 is 11.9 Å². The maximum absolute atomic E-state index is 12.4. The van der Waals surface area contributed by atoms with E-state index in [-0.39, 0.29) is 11.2 Å². The molecule has 2 unspecified atom stereocenters. The minimum atomic E-state index is -1.22. The van der Waals surface area contributed by atoms with Crippen molar-refractivity contribution in [2.75, 3.05) is 38.2 Å². The van der Waals surface area contributed by atoms with Gasteiger partial charge in [0.2, 0.25) is 11.0 Å². The van der Waals surface area contributed by atoms with Crippen LogP contribution < -0.4 is 15.0 Å². The maximum Gasteiger partial charge on any atom is 0.436 e. The van der Waals surface area contributed by atoms with Crippen LogP contribution in [0.15, 0.2) is 24.3 Å². The molecule has 0 aromatic heterocycles. The van der Waals surface area contributed by atoms with Crippen LogP contribution in [0.1, 0.15) is 33.1 Å². The van der Waals surface area contributed by atoms with E-state index in [4.69, 9.17) is 14.3 Å². The van der Waals surface area contributed by atoms with Gasteiger partial charge in [-0.2, -0.15) is 0 Å². The summed E-state index contributed by atoms with van der Waals surface area (Å²) in [6.07, 6.45) is 2.04. The molecule has 3 rings (SSSR count). The van der Waals surface area contributed by atoms with E-state index in [0.717, 1.165) is 24.3 Å². The molecule has 1 aromatic carbocycles. The molecule has 0 radical (unpaired) electrons. The van der Waals surface area contributed by atoms with Gasteiger partial charge in [-0.3, -0.25) is 4.79 Å². The topological polar surface area (TPSA) is 97.4 Å². The number of nitrogens with one attached hydrogen (secondary N) is 1. The van der Waals surface area contributed by atoms with Crippen LogP contribution in [0, 0.1) is 0 Å². The van der Waals surface area contributed by atoms with Gasteiger partial charge in [0.1, 0.15) is 5.75 Å². The highest BCUT2D eigenvalue weighted by atomic mass is 32.2. The third-order valence-corrected chi connectivity index (χ3v) is 6.55. The molecule has 170 valence electrons. The highest BCUT2D eigenvalue weighted by Crippen LogP contribution is 2.38. The Labute approximate surface area is 186 Å². The van der Waals surface area contributed by atoms with Crippen molar-refractivity contribution in [2.45, 2.75) is 43.4 Å². The zero-order chi connectivity index (χ0) is 22.4. The van der Waals surface area contributed by atoms with Gasteiger partial charge < -0.3 is 24.5 Å². The van der Waals surface area contributed by atoms with Gasteiger partial charge in [0.15, 0.2) is 0 Å². The summed E-state index contributed by atoms with van der Waals surface area (Å²) >= 11 is 1.21. The first-order chi connectivity index (χ1) is 14.9. The number of rotatable bonds is 7. The second-order valence-electron chi connectivity index (χ2n) is 7.46. The van der Waals surface area contributed by atoms with Crippen LogP contribution in [-0.4, -0.2) is 66.5 Å². The Morgan fingerprint density at radius 3 is 2.52 bits per heavy atom. The average molecular weight is 452 g/mol. The monoisotopic (exact) mass is 451 g/mol. The molecule has 31 heavy (non-hydrogen) atoms. The summed E-state index contributed by atoms with van der Waals surface area (Å²) in [6, 6.07) is 7.72. The lowest BCUT2D eigenvalue weighted by Crippen LogP contribution is -2.49. The van der Waals surface area contributed by atoms with E-state index in [1.165, 1.54) is 16.8 Å². The van der Waals surface area contributed by atoms with Gasteiger partial charge in [-0.25, -0.2) is 9.59 Å². The van der Waals surface area contributed by atoms with Crippen LogP contribution >= 0.6 is 11.8 Å². The van der Waals surface area contributed by atoms with Crippen LogP contribution in [0.25, 0.3) is 0 Å². The van der Waals surface area contributed by atoms with E-state index < -0.39 is 17.0 Å². The lowest BCUT2D eigenvalue weighted by atomic mass is 10.2. The van der Waals surface area contributed by atoms with Crippen molar-refractivity contribution in [2.24, 2.45) is 0 Å². The standard InChI is InChI=1S/C21H29N3O6S/c1-4-5-10-21(22-18(25)15(2)31-21)29-19(26)20(27)30-24-13-11-23(12-14-24)16-8-6-7-9-17(16)28-3/h6-9,15H,4-5,10-14H2,1-3H3,(H,22,25). The number of nitrogens with zero attached hydrogens (tertiary/aromatic N) is 2. The number of thioether (sulfide) groups is 1. The molecule has 1 amide bonds. The first-order valence-electron chi connectivity index (χ1n) is 10.5. The molecular formula is C21H29N3O6S. The lowest BCUT2D eigenvalue weighted by Gasteiger charge is -2.35. The number of anilines is 1. The van der Waals surface area contributed by atoms with Crippen molar-refractivity contribution >= 4 is 35.3 Å². The van der Waals surface area contributed by atoms with Gasteiger partial charge in [0.05, 0.1) is 31.1 Å². The molecular weight excluding hydrogens is 422 g/mol. The molecule has 1 N–H and O–H groups in total. The number of hydrogen-bond acceptors (Lipinski definition) is 9. The van der Waals surface area contributed by atoms with Gasteiger partial charge in [0.25, 0.3) is 0 Å². The third kappa shape index (κ3) is 5.62. The number of hydroxylamine groups is 2. The highest BCUT2D eigenvalue weighted by Gasteiger charge is 2.47. The fourth-order valence-electron chi connectivity index (χ4n) is 3.55. The molecule has 2 atom stereocenters. The first-order valence-corrected chi connectivity index (χ1v) is 11.3. The number of ether oxygens (including phenoxy) is 2. The summed E-state index contributed by atoms with van der Waals surface area (Å²) in [7, 11) is 1.63. The predicted molar refractivity (Wildman–Crippen MR) is 116 cm³/mol. The molecule has 0 bridgehead atoms. The number of esters is 1. The number of hydrogen-bond donors (Lipinski definition) is 1. The van der Waals surface area contributed by atoms with Crippen molar-refractivity contribution in [3.8, 4) is 5.75 Å². The number of para-hydroxylation sites is 2. The average Bonchev–Trinajstić information content (AvgIpc) is 3.05. The minimum absolute atomic E-state index is 0.213. The number of piperazine rings is 1. The summed E-state index contributed by atoms with van der Waals surface area (Å²) in [5.41, 5.74) is 0.969. The Morgan fingerprint density at radius 1 is 1.19 bits per heavy atom. The largest absolute Gasteiger partial charge is 0.495 e. The zero-order valence-electron chi connectivity index (χ0n) is 18.1. The van der Waals surface area contributed by atoms with E-state index in [1.807, 2.05) is 31.2 Å².